The molecule has 5 nitrogen and oxygen atoms in total. The van der Waals surface area contributed by atoms with E-state index in [4.69, 9.17) is 18.8 Å². The molecule has 0 atom stereocenters. The number of hydrogen-bond acceptors (Lipinski definition) is 4. The number of rotatable bonds is 2. The number of furan rings is 2. The van der Waals surface area contributed by atoms with Crippen LogP contribution < -0.4 is 0 Å². The Hall–Kier alpha value is -6.46. The van der Waals surface area contributed by atoms with Crippen molar-refractivity contribution >= 4 is 87.4 Å². The molecule has 0 saturated carbocycles. The smallest absolute Gasteiger partial charge is 0.235 e. The van der Waals surface area contributed by atoms with Crippen LogP contribution in [0.15, 0.2) is 148 Å². The minimum absolute atomic E-state index is 0.598. The highest BCUT2D eigenvalue weighted by molar-refractivity contribution is 6.21. The van der Waals surface area contributed by atoms with Gasteiger partial charge in [-0.1, -0.05) is 84.9 Å². The number of aromatic nitrogens is 3. The van der Waals surface area contributed by atoms with Gasteiger partial charge in [-0.15, -0.1) is 0 Å². The molecule has 0 N–H and O–H groups in total. The number of benzene rings is 7. The quantitative estimate of drug-likeness (QED) is 0.198. The van der Waals surface area contributed by atoms with Crippen molar-refractivity contribution in [2.45, 2.75) is 0 Å². The predicted octanol–water partition coefficient (Wildman–Crippen LogP) is 11.3. The van der Waals surface area contributed by atoms with Gasteiger partial charge in [0.1, 0.15) is 22.3 Å². The van der Waals surface area contributed by atoms with Crippen LogP contribution in [0.5, 0.6) is 0 Å². The van der Waals surface area contributed by atoms with Gasteiger partial charge in [0.05, 0.1) is 16.7 Å². The Labute approximate surface area is 266 Å². The molecule has 0 spiro atoms. The molecule has 0 saturated heterocycles. The van der Waals surface area contributed by atoms with Crippen LogP contribution in [0.3, 0.4) is 0 Å². The largest absolute Gasteiger partial charge is 0.456 e. The van der Waals surface area contributed by atoms with E-state index in [1.54, 1.807) is 0 Å². The number of para-hydroxylation sites is 3. The maximum absolute atomic E-state index is 6.58. The van der Waals surface area contributed by atoms with Crippen LogP contribution in [0.2, 0.25) is 0 Å². The maximum atomic E-state index is 6.58. The van der Waals surface area contributed by atoms with Crippen molar-refractivity contribution in [3.05, 3.63) is 140 Å². The van der Waals surface area contributed by atoms with E-state index in [1.165, 1.54) is 5.39 Å². The fourth-order valence-electron chi connectivity index (χ4n) is 7.43. The van der Waals surface area contributed by atoms with Crippen LogP contribution in [0.25, 0.3) is 105 Å². The van der Waals surface area contributed by atoms with Gasteiger partial charge < -0.3 is 8.83 Å². The molecule has 0 radical (unpaired) electrons. The van der Waals surface area contributed by atoms with E-state index < -0.39 is 0 Å². The highest BCUT2D eigenvalue weighted by atomic mass is 16.3. The molecule has 11 aromatic rings. The topological polar surface area (TPSA) is 57.0 Å². The lowest BCUT2D eigenvalue weighted by atomic mass is 10.0. The second kappa shape index (κ2) is 9.05. The third kappa shape index (κ3) is 3.43. The lowest BCUT2D eigenvalue weighted by Gasteiger charge is -2.12. The first-order chi connectivity index (χ1) is 23.3. The SMILES string of the molecule is c1ccc2cc3c(cc2c1)oc1ccc(-c2nc(-n4c5ccccc5c5ccc6c7ccccc7oc6c54)nc4ccccc24)cc13. The molecule has 4 aromatic heterocycles. The van der Waals surface area contributed by atoms with Crippen molar-refractivity contribution in [3.8, 4) is 17.2 Å². The average molecular weight is 602 g/mol. The molecule has 47 heavy (non-hydrogen) atoms. The van der Waals surface area contributed by atoms with E-state index in [9.17, 15) is 0 Å². The van der Waals surface area contributed by atoms with Crippen molar-refractivity contribution < 1.29 is 8.83 Å². The normalized spacial score (nSPS) is 12.3. The van der Waals surface area contributed by atoms with Gasteiger partial charge in [0.2, 0.25) is 5.95 Å². The molecule has 0 amide bonds. The summed E-state index contributed by atoms with van der Waals surface area (Å²) < 4.78 is 15.1. The Morgan fingerprint density at radius 3 is 2.06 bits per heavy atom. The first-order valence-corrected chi connectivity index (χ1v) is 15.7. The summed E-state index contributed by atoms with van der Waals surface area (Å²) in [5.74, 6) is 0.598. The first kappa shape index (κ1) is 24.8. The van der Waals surface area contributed by atoms with Crippen molar-refractivity contribution in [2.75, 3.05) is 0 Å². The number of hydrogen-bond donors (Lipinski definition) is 0. The molecular weight excluding hydrogens is 578 g/mol. The summed E-state index contributed by atoms with van der Waals surface area (Å²) in [6, 6.07) is 48.4. The molecule has 0 fully saturated rings. The average Bonchev–Trinajstić information content (AvgIpc) is 3.79. The molecule has 11 rings (SSSR count). The maximum Gasteiger partial charge on any atom is 0.235 e. The van der Waals surface area contributed by atoms with Gasteiger partial charge in [-0.3, -0.25) is 4.57 Å². The van der Waals surface area contributed by atoms with Crippen LogP contribution in [-0.4, -0.2) is 14.5 Å². The molecule has 218 valence electrons. The molecule has 4 heterocycles. The van der Waals surface area contributed by atoms with Crippen molar-refractivity contribution in [2.24, 2.45) is 0 Å². The van der Waals surface area contributed by atoms with Crippen molar-refractivity contribution in [1.29, 1.82) is 0 Å². The molecule has 0 unspecified atom stereocenters. The van der Waals surface area contributed by atoms with Crippen LogP contribution in [-0.2, 0) is 0 Å². The summed E-state index contributed by atoms with van der Waals surface area (Å²) in [6.07, 6.45) is 0. The summed E-state index contributed by atoms with van der Waals surface area (Å²) >= 11 is 0. The predicted molar refractivity (Wildman–Crippen MR) is 191 cm³/mol. The minimum Gasteiger partial charge on any atom is -0.456 e. The standard InChI is InChI=1S/C42H23N3O2/c1-2-10-25-23-38-33(21-24(25)9-1)32-22-26(17-20-37(32)46-38)39-31-13-3-6-14-34(31)43-42(44-39)45-35-15-7-4-11-27(35)29-18-19-30-28-12-5-8-16-36(28)47-41(30)40(29)45/h1-23H. The van der Waals surface area contributed by atoms with E-state index in [1.807, 2.05) is 24.3 Å². The summed E-state index contributed by atoms with van der Waals surface area (Å²) in [7, 11) is 0. The highest BCUT2D eigenvalue weighted by Gasteiger charge is 2.22. The van der Waals surface area contributed by atoms with E-state index >= 15 is 0 Å². The van der Waals surface area contributed by atoms with Crippen LogP contribution >= 0.6 is 0 Å². The summed E-state index contributed by atoms with van der Waals surface area (Å²) in [6.45, 7) is 0. The fraction of sp³-hybridized carbons (Fsp3) is 0. The van der Waals surface area contributed by atoms with E-state index in [-0.39, 0.29) is 0 Å². The van der Waals surface area contributed by atoms with Crippen LogP contribution in [0, 0.1) is 0 Å². The second-order valence-corrected chi connectivity index (χ2v) is 12.2. The first-order valence-electron chi connectivity index (χ1n) is 15.7. The van der Waals surface area contributed by atoms with Gasteiger partial charge in [0, 0.05) is 43.3 Å². The third-order valence-corrected chi connectivity index (χ3v) is 9.58. The molecular formula is C42H23N3O2. The minimum atomic E-state index is 0.598. The summed E-state index contributed by atoms with van der Waals surface area (Å²) in [5, 5.41) is 9.88. The van der Waals surface area contributed by atoms with Crippen LogP contribution in [0.4, 0.5) is 0 Å². The zero-order valence-corrected chi connectivity index (χ0v) is 24.9. The van der Waals surface area contributed by atoms with Gasteiger partial charge in [-0.05, 0) is 65.4 Å². The molecule has 0 bridgehead atoms. The van der Waals surface area contributed by atoms with Gasteiger partial charge >= 0.3 is 0 Å². The Morgan fingerprint density at radius 1 is 0.447 bits per heavy atom. The number of nitrogens with zero attached hydrogens (tertiary/aromatic N) is 3. The van der Waals surface area contributed by atoms with E-state index in [0.29, 0.717) is 5.95 Å². The molecule has 0 aliphatic carbocycles. The lowest BCUT2D eigenvalue weighted by Crippen LogP contribution is -2.03. The zero-order valence-electron chi connectivity index (χ0n) is 24.9. The van der Waals surface area contributed by atoms with Gasteiger partial charge in [-0.2, -0.15) is 0 Å². The Bertz CT molecular complexity index is 3090. The second-order valence-electron chi connectivity index (χ2n) is 12.2. The number of fused-ring (bicyclic) bond motifs is 12. The third-order valence-electron chi connectivity index (χ3n) is 9.58. The zero-order chi connectivity index (χ0) is 30.6. The highest BCUT2D eigenvalue weighted by Crippen LogP contribution is 2.41. The Balaban J connectivity index is 1.23. The molecule has 7 aromatic carbocycles. The summed E-state index contributed by atoms with van der Waals surface area (Å²) in [4.78, 5) is 10.6. The van der Waals surface area contributed by atoms with E-state index in [0.717, 1.165) is 93.2 Å². The molecule has 0 aliphatic heterocycles. The van der Waals surface area contributed by atoms with Gasteiger partial charge in [-0.25, -0.2) is 9.97 Å². The monoisotopic (exact) mass is 601 g/mol. The molecule has 5 heteroatoms. The van der Waals surface area contributed by atoms with Crippen LogP contribution in [0.1, 0.15) is 0 Å². The lowest BCUT2D eigenvalue weighted by molar-refractivity contribution is 0.669. The van der Waals surface area contributed by atoms with E-state index in [2.05, 4.69) is 120 Å². The summed E-state index contributed by atoms with van der Waals surface area (Å²) in [5.41, 5.74) is 8.16. The van der Waals surface area contributed by atoms with Gasteiger partial charge in [0.25, 0.3) is 0 Å². The molecule has 0 aliphatic rings. The fourth-order valence-corrected chi connectivity index (χ4v) is 7.43. The Kier molecular flexibility index (Phi) is 4.78. The Morgan fingerprint density at radius 2 is 1.15 bits per heavy atom. The van der Waals surface area contributed by atoms with Crippen molar-refractivity contribution in [3.63, 3.8) is 0 Å². The van der Waals surface area contributed by atoms with Crippen molar-refractivity contribution in [1.82, 2.24) is 14.5 Å². The van der Waals surface area contributed by atoms with Gasteiger partial charge in [0.15, 0.2) is 5.58 Å².